The molecule has 0 saturated heterocycles. The summed E-state index contributed by atoms with van der Waals surface area (Å²) < 4.78 is 5.63. The topological polar surface area (TPSA) is 109 Å². The Labute approximate surface area is 163 Å². The molecule has 0 aliphatic heterocycles. The highest BCUT2D eigenvalue weighted by molar-refractivity contribution is 14.1. The van der Waals surface area contributed by atoms with Crippen LogP contribution in [-0.4, -0.2) is 43.4 Å². The van der Waals surface area contributed by atoms with Crippen LogP contribution in [-0.2, 0) is 4.74 Å². The van der Waals surface area contributed by atoms with Crippen molar-refractivity contribution in [2.24, 2.45) is 0 Å². The molecule has 0 saturated carbocycles. The zero-order valence-corrected chi connectivity index (χ0v) is 16.0. The lowest BCUT2D eigenvalue weighted by atomic mass is 10.2. The number of halogens is 1. The summed E-state index contributed by atoms with van der Waals surface area (Å²) in [7, 11) is 1.32. The lowest BCUT2D eigenvalue weighted by Gasteiger charge is -1.94. The number of aromatic amines is 2. The summed E-state index contributed by atoms with van der Waals surface area (Å²) in [6.07, 6.45) is 3.45. The highest BCUT2D eigenvalue weighted by atomic mass is 127. The number of carbonyl (C=O) groups excluding carboxylic acids is 1. The van der Waals surface area contributed by atoms with E-state index in [1.54, 1.807) is 6.20 Å². The third-order valence-corrected chi connectivity index (χ3v) is 4.31. The van der Waals surface area contributed by atoms with Gasteiger partial charge in [-0.3, -0.25) is 20.2 Å². The van der Waals surface area contributed by atoms with Gasteiger partial charge >= 0.3 is 5.97 Å². The zero-order chi connectivity index (χ0) is 18.0. The molecule has 9 heteroatoms. The van der Waals surface area contributed by atoms with Gasteiger partial charge in [-0.1, -0.05) is 7.43 Å². The third-order valence-electron chi connectivity index (χ3n) is 3.49. The predicted octanol–water partition coefficient (Wildman–Crippen LogP) is 3.56. The van der Waals surface area contributed by atoms with E-state index in [0.29, 0.717) is 5.39 Å². The van der Waals surface area contributed by atoms with E-state index < -0.39 is 5.97 Å². The monoisotopic (exact) mass is 466 g/mol. The van der Waals surface area contributed by atoms with Crippen LogP contribution in [0.4, 0.5) is 0 Å². The number of aryl methyl sites for hydroxylation is 2. The van der Waals surface area contributed by atoms with E-state index >= 15 is 0 Å². The third kappa shape index (κ3) is 3.98. The zero-order valence-electron chi connectivity index (χ0n) is 13.8. The molecule has 4 aromatic rings. The van der Waals surface area contributed by atoms with Crippen LogP contribution in [0, 0.1) is 17.5 Å². The largest absolute Gasteiger partial charge is 0.464 e. The van der Waals surface area contributed by atoms with Crippen LogP contribution in [0.25, 0.3) is 21.8 Å². The van der Waals surface area contributed by atoms with E-state index in [1.807, 2.05) is 32.2 Å². The predicted molar refractivity (Wildman–Crippen MR) is 108 cm³/mol. The fraction of sp³-hybridized carbons (Fsp3) is 0.235. The molecule has 0 bridgehead atoms. The molecule has 0 amide bonds. The molecular weight excluding hydrogens is 447 g/mol. The average Bonchev–Trinajstić information content (AvgIpc) is 3.18. The van der Waals surface area contributed by atoms with Crippen LogP contribution in [0.1, 0.15) is 29.3 Å². The van der Waals surface area contributed by atoms with Crippen molar-refractivity contribution in [2.75, 3.05) is 7.11 Å². The summed E-state index contributed by atoms with van der Waals surface area (Å²) in [4.78, 5) is 19.5. The maximum absolute atomic E-state index is 11.2. The van der Waals surface area contributed by atoms with Crippen LogP contribution in [0.2, 0.25) is 0 Å². The Kier molecular flexibility index (Phi) is 6.24. The maximum atomic E-state index is 11.2. The number of methoxy groups -OCH3 is 1. The van der Waals surface area contributed by atoms with Crippen molar-refractivity contribution in [2.45, 2.75) is 21.3 Å². The molecule has 4 aromatic heterocycles. The second-order valence-corrected chi connectivity index (χ2v) is 6.39. The lowest BCUT2D eigenvalue weighted by molar-refractivity contribution is 0.0596. The molecule has 26 heavy (non-hydrogen) atoms. The average molecular weight is 466 g/mol. The minimum Gasteiger partial charge on any atom is -0.464 e. The van der Waals surface area contributed by atoms with Crippen LogP contribution in [0.3, 0.4) is 0 Å². The number of hydrogen-bond donors (Lipinski definition) is 2. The minimum atomic E-state index is -0.457. The Morgan fingerprint density at radius 3 is 2.38 bits per heavy atom. The lowest BCUT2D eigenvalue weighted by Crippen LogP contribution is -2.02. The maximum Gasteiger partial charge on any atom is 0.359 e. The summed E-state index contributed by atoms with van der Waals surface area (Å²) >= 11 is 2.21. The summed E-state index contributed by atoms with van der Waals surface area (Å²) in [5.41, 5.74) is 3.92. The minimum absolute atomic E-state index is 0. The van der Waals surface area contributed by atoms with Crippen molar-refractivity contribution in [1.82, 2.24) is 30.4 Å². The number of pyridine rings is 2. The molecule has 0 aliphatic carbocycles. The van der Waals surface area contributed by atoms with Crippen molar-refractivity contribution in [3.8, 4) is 0 Å². The highest BCUT2D eigenvalue weighted by Crippen LogP contribution is 2.16. The fourth-order valence-corrected chi connectivity index (χ4v) is 2.78. The molecule has 0 aromatic carbocycles. The first-order valence-corrected chi connectivity index (χ1v) is 8.42. The quantitative estimate of drug-likeness (QED) is 0.328. The Hall–Kier alpha value is -2.56. The molecule has 136 valence electrons. The van der Waals surface area contributed by atoms with Crippen LogP contribution in [0.15, 0.2) is 24.5 Å². The van der Waals surface area contributed by atoms with Crippen molar-refractivity contribution in [1.29, 1.82) is 0 Å². The molecule has 0 spiro atoms. The van der Waals surface area contributed by atoms with Crippen LogP contribution in [0.5, 0.6) is 0 Å². The van der Waals surface area contributed by atoms with Gasteiger partial charge in [0.25, 0.3) is 0 Å². The van der Waals surface area contributed by atoms with E-state index in [-0.39, 0.29) is 13.1 Å². The number of rotatable bonds is 1. The second kappa shape index (κ2) is 8.21. The molecule has 0 fully saturated rings. The smallest absolute Gasteiger partial charge is 0.359 e. The molecule has 4 heterocycles. The standard InChI is InChI=1S/C9H9N3O2.C7H6IN3.CH4/c1-5-3-7-6(4-10-5)8(12-11-7)9(13)14-2;1-4-2-6-5(3-9-4)7(8)11-10-6;/h3-4H,1-2H3,(H,11,12);2-3H,1H3,(H,10,11);1H4. The van der Waals surface area contributed by atoms with Gasteiger partial charge in [-0.2, -0.15) is 10.2 Å². The number of nitrogens with zero attached hydrogens (tertiary/aromatic N) is 4. The van der Waals surface area contributed by atoms with Crippen molar-refractivity contribution in [3.05, 3.63) is 45.3 Å². The molecule has 0 radical (unpaired) electrons. The Morgan fingerprint density at radius 2 is 1.69 bits per heavy atom. The first kappa shape index (κ1) is 19.8. The van der Waals surface area contributed by atoms with E-state index in [0.717, 1.165) is 31.5 Å². The number of H-pyrrole nitrogens is 2. The molecule has 0 atom stereocenters. The number of esters is 1. The number of fused-ring (bicyclic) bond motifs is 2. The number of aromatic nitrogens is 6. The van der Waals surface area contributed by atoms with Crippen LogP contribution < -0.4 is 0 Å². The van der Waals surface area contributed by atoms with Gasteiger partial charge in [0.15, 0.2) is 5.69 Å². The van der Waals surface area contributed by atoms with Gasteiger partial charge in [-0.05, 0) is 48.6 Å². The van der Waals surface area contributed by atoms with Crippen molar-refractivity contribution in [3.63, 3.8) is 0 Å². The van der Waals surface area contributed by atoms with E-state index in [4.69, 9.17) is 0 Å². The summed E-state index contributed by atoms with van der Waals surface area (Å²) in [5.74, 6) is -0.457. The van der Waals surface area contributed by atoms with Gasteiger partial charge < -0.3 is 4.74 Å². The normalized spacial score (nSPS) is 10.2. The molecule has 0 unspecified atom stereocenters. The molecule has 0 aliphatic rings. The molecule has 8 nitrogen and oxygen atoms in total. The number of nitrogens with one attached hydrogen (secondary N) is 2. The second-order valence-electron chi connectivity index (χ2n) is 5.32. The van der Waals surface area contributed by atoms with Crippen molar-refractivity contribution < 1.29 is 9.53 Å². The molecular formula is C17H19IN6O2. The molecule has 4 rings (SSSR count). The Morgan fingerprint density at radius 1 is 1.04 bits per heavy atom. The Bertz CT molecular complexity index is 1060. The summed E-state index contributed by atoms with van der Waals surface area (Å²) in [5, 5.41) is 15.4. The van der Waals surface area contributed by atoms with Crippen molar-refractivity contribution >= 4 is 50.4 Å². The fourth-order valence-electron chi connectivity index (χ4n) is 2.25. The van der Waals surface area contributed by atoms with Gasteiger partial charge in [0.05, 0.1) is 28.9 Å². The van der Waals surface area contributed by atoms with Gasteiger partial charge in [0.1, 0.15) is 3.70 Å². The highest BCUT2D eigenvalue weighted by Gasteiger charge is 2.14. The summed E-state index contributed by atoms with van der Waals surface area (Å²) in [6.45, 7) is 3.83. The van der Waals surface area contributed by atoms with Gasteiger partial charge in [0, 0.05) is 23.8 Å². The number of ether oxygens (including phenoxy) is 1. The van der Waals surface area contributed by atoms with Gasteiger partial charge in [0.2, 0.25) is 0 Å². The Balaban J connectivity index is 0.000000184. The van der Waals surface area contributed by atoms with Gasteiger partial charge in [-0.15, -0.1) is 0 Å². The van der Waals surface area contributed by atoms with Gasteiger partial charge in [-0.25, -0.2) is 4.79 Å². The van der Waals surface area contributed by atoms with Crippen LogP contribution >= 0.6 is 22.6 Å². The SMILES string of the molecule is C.COC(=O)c1n[nH]c2cc(C)ncc12.Cc1cc2n[nH]c(I)c2cn1. The molecule has 2 N–H and O–H groups in total. The van der Waals surface area contributed by atoms with E-state index in [9.17, 15) is 4.79 Å². The number of hydrogen-bond acceptors (Lipinski definition) is 6. The first-order chi connectivity index (χ1) is 12.0. The van der Waals surface area contributed by atoms with E-state index in [2.05, 4.69) is 57.7 Å². The first-order valence-electron chi connectivity index (χ1n) is 7.35. The van der Waals surface area contributed by atoms with E-state index in [1.165, 1.54) is 7.11 Å². The number of carbonyl (C=O) groups is 1. The summed E-state index contributed by atoms with van der Waals surface area (Å²) in [6, 6.07) is 3.79.